The molecule has 0 aromatic carbocycles. The summed E-state index contributed by atoms with van der Waals surface area (Å²) in [7, 11) is 0. The van der Waals surface area contributed by atoms with E-state index in [0.29, 0.717) is 0 Å². The lowest BCUT2D eigenvalue weighted by atomic mass is 9.79. The van der Waals surface area contributed by atoms with Crippen molar-refractivity contribution in [2.45, 2.75) is 110 Å². The maximum atomic E-state index is 12.4. The number of esters is 1. The quantitative estimate of drug-likeness (QED) is 0.388. The number of hydrogen-bond donors (Lipinski definition) is 0. The van der Waals surface area contributed by atoms with Gasteiger partial charge in [0.1, 0.15) is 6.10 Å². The predicted molar refractivity (Wildman–Crippen MR) is 96.3 cm³/mol. The largest absolute Gasteiger partial charge is 0.462 e. The molecule has 2 aliphatic rings. The fourth-order valence-corrected chi connectivity index (χ4v) is 4.58. The van der Waals surface area contributed by atoms with Gasteiger partial charge in [-0.25, -0.2) is 0 Å². The van der Waals surface area contributed by atoms with Crippen molar-refractivity contribution in [1.82, 2.24) is 0 Å². The molecule has 0 aromatic heterocycles. The van der Waals surface area contributed by atoms with E-state index in [1.165, 1.54) is 64.2 Å². The van der Waals surface area contributed by atoms with Gasteiger partial charge in [0, 0.05) is 0 Å². The molecule has 2 saturated carbocycles. The first-order valence-electron chi connectivity index (χ1n) is 10.4. The monoisotopic (exact) mass is 322 g/mol. The van der Waals surface area contributed by atoms with Crippen molar-refractivity contribution in [3.8, 4) is 0 Å². The van der Waals surface area contributed by atoms with Crippen molar-refractivity contribution in [1.29, 1.82) is 0 Å². The Morgan fingerprint density at radius 3 is 2.00 bits per heavy atom. The Bertz CT molecular complexity index is 323. The Morgan fingerprint density at radius 2 is 1.39 bits per heavy atom. The van der Waals surface area contributed by atoms with Gasteiger partial charge in [-0.3, -0.25) is 4.79 Å². The van der Waals surface area contributed by atoms with Crippen LogP contribution in [0.1, 0.15) is 104 Å². The maximum Gasteiger partial charge on any atom is 0.309 e. The van der Waals surface area contributed by atoms with E-state index < -0.39 is 0 Å². The van der Waals surface area contributed by atoms with E-state index in [0.717, 1.165) is 37.5 Å². The first-order chi connectivity index (χ1) is 11.2. The number of carbonyl (C=O) groups is 1. The van der Waals surface area contributed by atoms with Gasteiger partial charge < -0.3 is 4.74 Å². The SMILES string of the molecule is CCCCC[C@H]1CC[C@H](C(=O)O[C@H]2CC[C@H](CCC)CC2)CC1. The second-order valence-corrected chi connectivity index (χ2v) is 8.08. The van der Waals surface area contributed by atoms with Crippen LogP contribution in [-0.4, -0.2) is 12.1 Å². The first-order valence-corrected chi connectivity index (χ1v) is 10.4. The van der Waals surface area contributed by atoms with Gasteiger partial charge in [0.25, 0.3) is 0 Å². The van der Waals surface area contributed by atoms with Gasteiger partial charge in [0.05, 0.1) is 5.92 Å². The molecule has 0 saturated heterocycles. The Hall–Kier alpha value is -0.530. The molecule has 0 heterocycles. The standard InChI is InChI=1S/C21H38O2/c1-3-5-6-8-18-9-13-19(14-10-18)21(22)23-20-15-11-17(7-4-2)12-16-20/h17-20H,3-16H2,1-2H3/t17-,18-,19-,20-. The number of unbranched alkanes of at least 4 members (excludes halogenated alkanes) is 2. The molecule has 2 rings (SSSR count). The van der Waals surface area contributed by atoms with Crippen molar-refractivity contribution in [3.63, 3.8) is 0 Å². The molecule has 2 aliphatic carbocycles. The molecule has 0 atom stereocenters. The smallest absolute Gasteiger partial charge is 0.309 e. The third-order valence-corrected chi connectivity index (χ3v) is 6.17. The molecule has 134 valence electrons. The van der Waals surface area contributed by atoms with E-state index in [4.69, 9.17) is 4.74 Å². The molecule has 0 unspecified atom stereocenters. The third kappa shape index (κ3) is 6.47. The molecule has 2 nitrogen and oxygen atoms in total. The topological polar surface area (TPSA) is 26.3 Å². The summed E-state index contributed by atoms with van der Waals surface area (Å²) in [4.78, 5) is 12.4. The summed E-state index contributed by atoms with van der Waals surface area (Å²) >= 11 is 0. The minimum absolute atomic E-state index is 0.121. The van der Waals surface area contributed by atoms with Gasteiger partial charge in [-0.2, -0.15) is 0 Å². The normalized spacial score (nSPS) is 31.7. The van der Waals surface area contributed by atoms with E-state index in [1.807, 2.05) is 0 Å². The molecule has 0 N–H and O–H groups in total. The van der Waals surface area contributed by atoms with Crippen molar-refractivity contribution < 1.29 is 9.53 Å². The summed E-state index contributed by atoms with van der Waals surface area (Å²) in [5.74, 6) is 2.07. The average molecular weight is 323 g/mol. The van der Waals surface area contributed by atoms with E-state index in [2.05, 4.69) is 13.8 Å². The van der Waals surface area contributed by atoms with E-state index in [-0.39, 0.29) is 18.0 Å². The minimum atomic E-state index is 0.121. The van der Waals surface area contributed by atoms with Crippen LogP contribution in [0.4, 0.5) is 0 Å². The lowest BCUT2D eigenvalue weighted by molar-refractivity contribution is -0.157. The molecular formula is C21H38O2. The summed E-state index contributed by atoms with van der Waals surface area (Å²) in [5.41, 5.74) is 0. The number of carbonyl (C=O) groups excluding carboxylic acids is 1. The van der Waals surface area contributed by atoms with E-state index >= 15 is 0 Å². The summed E-state index contributed by atoms with van der Waals surface area (Å²) < 4.78 is 5.85. The zero-order valence-corrected chi connectivity index (χ0v) is 15.5. The summed E-state index contributed by atoms with van der Waals surface area (Å²) in [5, 5.41) is 0. The highest BCUT2D eigenvalue weighted by Crippen LogP contribution is 2.34. The number of hydrogen-bond acceptors (Lipinski definition) is 2. The van der Waals surface area contributed by atoms with Crippen LogP contribution in [0.2, 0.25) is 0 Å². The van der Waals surface area contributed by atoms with Crippen LogP contribution in [-0.2, 0) is 9.53 Å². The summed E-state index contributed by atoms with van der Waals surface area (Å²) in [6.07, 6.45) is 17.6. The van der Waals surface area contributed by atoms with Crippen molar-refractivity contribution >= 4 is 5.97 Å². The van der Waals surface area contributed by atoms with Crippen LogP contribution in [0, 0.1) is 17.8 Å². The highest BCUT2D eigenvalue weighted by atomic mass is 16.5. The van der Waals surface area contributed by atoms with Crippen LogP contribution in [0.3, 0.4) is 0 Å². The van der Waals surface area contributed by atoms with Crippen molar-refractivity contribution in [3.05, 3.63) is 0 Å². The third-order valence-electron chi connectivity index (χ3n) is 6.17. The zero-order valence-electron chi connectivity index (χ0n) is 15.5. The van der Waals surface area contributed by atoms with Gasteiger partial charge in [0.2, 0.25) is 0 Å². The summed E-state index contributed by atoms with van der Waals surface area (Å²) in [6.45, 7) is 4.54. The van der Waals surface area contributed by atoms with E-state index in [1.54, 1.807) is 0 Å². The van der Waals surface area contributed by atoms with E-state index in [9.17, 15) is 4.79 Å². The molecule has 0 spiro atoms. The van der Waals surface area contributed by atoms with Crippen LogP contribution in [0.25, 0.3) is 0 Å². The van der Waals surface area contributed by atoms with Gasteiger partial charge in [-0.05, 0) is 63.2 Å². The second kappa shape index (κ2) is 10.4. The molecule has 0 amide bonds. The Kier molecular flexibility index (Phi) is 8.47. The van der Waals surface area contributed by atoms with Gasteiger partial charge in [-0.1, -0.05) is 52.4 Å². The lowest BCUT2D eigenvalue weighted by Crippen LogP contribution is -2.30. The molecule has 23 heavy (non-hydrogen) atoms. The molecular weight excluding hydrogens is 284 g/mol. The molecule has 0 aliphatic heterocycles. The van der Waals surface area contributed by atoms with Gasteiger partial charge >= 0.3 is 5.97 Å². The average Bonchev–Trinajstić information content (AvgIpc) is 2.58. The van der Waals surface area contributed by atoms with Crippen LogP contribution < -0.4 is 0 Å². The van der Waals surface area contributed by atoms with Crippen molar-refractivity contribution in [2.75, 3.05) is 0 Å². The van der Waals surface area contributed by atoms with Gasteiger partial charge in [0.15, 0.2) is 0 Å². The molecule has 2 heteroatoms. The second-order valence-electron chi connectivity index (χ2n) is 8.08. The lowest BCUT2D eigenvalue weighted by Gasteiger charge is -2.31. The molecule has 2 fully saturated rings. The Labute approximate surface area is 143 Å². The van der Waals surface area contributed by atoms with Gasteiger partial charge in [-0.15, -0.1) is 0 Å². The van der Waals surface area contributed by atoms with Crippen LogP contribution in [0.5, 0.6) is 0 Å². The van der Waals surface area contributed by atoms with Crippen LogP contribution >= 0.6 is 0 Å². The molecule has 0 bridgehead atoms. The van der Waals surface area contributed by atoms with Crippen LogP contribution in [0.15, 0.2) is 0 Å². The molecule has 0 aromatic rings. The first kappa shape index (κ1) is 18.8. The Balaban J connectivity index is 1.62. The minimum Gasteiger partial charge on any atom is -0.462 e. The number of ether oxygens (including phenoxy) is 1. The zero-order chi connectivity index (χ0) is 16.5. The number of rotatable bonds is 8. The predicted octanol–water partition coefficient (Wildman–Crippen LogP) is 6.28. The fraction of sp³-hybridized carbons (Fsp3) is 0.952. The van der Waals surface area contributed by atoms with Crippen molar-refractivity contribution in [2.24, 2.45) is 17.8 Å². The Morgan fingerprint density at radius 1 is 0.783 bits per heavy atom. The highest BCUT2D eigenvalue weighted by molar-refractivity contribution is 5.72. The highest BCUT2D eigenvalue weighted by Gasteiger charge is 2.30. The molecule has 0 radical (unpaired) electrons. The summed E-state index contributed by atoms with van der Waals surface area (Å²) in [6, 6.07) is 0. The fourth-order valence-electron chi connectivity index (χ4n) is 4.58. The maximum absolute atomic E-state index is 12.4.